The first-order valence-corrected chi connectivity index (χ1v) is 8.19. The van der Waals surface area contributed by atoms with Gasteiger partial charge in [-0.3, -0.25) is 4.79 Å². The Morgan fingerprint density at radius 2 is 1.95 bits per heavy atom. The standard InChI is InChI=1S/C16H28N2O2/c1-16(2)10-14(5-6-20-16)18-15(19)9-11-7-12-3-4-13(8-11)17-12/h11-14,17H,3-10H2,1-2H3,(H,18,19). The molecule has 3 aliphatic rings. The van der Waals surface area contributed by atoms with Gasteiger partial charge >= 0.3 is 0 Å². The Kier molecular flexibility index (Phi) is 4.04. The van der Waals surface area contributed by atoms with E-state index >= 15 is 0 Å². The third kappa shape index (κ3) is 3.53. The van der Waals surface area contributed by atoms with Crippen LogP contribution in [0.3, 0.4) is 0 Å². The molecule has 0 saturated carbocycles. The van der Waals surface area contributed by atoms with E-state index in [0.717, 1.165) is 19.4 Å². The Hall–Kier alpha value is -0.610. The van der Waals surface area contributed by atoms with Crippen LogP contribution in [0.4, 0.5) is 0 Å². The van der Waals surface area contributed by atoms with Gasteiger partial charge in [-0.1, -0.05) is 0 Å². The molecule has 0 aromatic heterocycles. The van der Waals surface area contributed by atoms with Gasteiger partial charge in [-0.15, -0.1) is 0 Å². The normalized spacial score (nSPS) is 39.5. The molecule has 114 valence electrons. The first-order chi connectivity index (χ1) is 9.50. The van der Waals surface area contributed by atoms with Gasteiger partial charge in [-0.05, 0) is 58.3 Å². The van der Waals surface area contributed by atoms with Gasteiger partial charge in [0.1, 0.15) is 0 Å². The summed E-state index contributed by atoms with van der Waals surface area (Å²) in [7, 11) is 0. The molecule has 0 aliphatic carbocycles. The molecule has 3 atom stereocenters. The first kappa shape index (κ1) is 14.3. The fraction of sp³-hybridized carbons (Fsp3) is 0.938. The number of carbonyl (C=O) groups excluding carboxylic acids is 1. The summed E-state index contributed by atoms with van der Waals surface area (Å²) >= 11 is 0. The van der Waals surface area contributed by atoms with Crippen molar-refractivity contribution in [2.24, 2.45) is 5.92 Å². The predicted octanol–water partition coefficient (Wildman–Crippen LogP) is 1.98. The summed E-state index contributed by atoms with van der Waals surface area (Å²) in [6, 6.07) is 1.65. The van der Waals surface area contributed by atoms with Crippen molar-refractivity contribution in [3.05, 3.63) is 0 Å². The lowest BCUT2D eigenvalue weighted by Crippen LogP contribution is -2.46. The minimum atomic E-state index is -0.0932. The highest BCUT2D eigenvalue weighted by Gasteiger charge is 2.35. The molecular weight excluding hydrogens is 252 g/mol. The second-order valence-corrected chi connectivity index (χ2v) is 7.54. The summed E-state index contributed by atoms with van der Waals surface area (Å²) in [6.07, 6.45) is 7.57. The van der Waals surface area contributed by atoms with Crippen LogP contribution in [0.2, 0.25) is 0 Å². The molecule has 2 bridgehead atoms. The van der Waals surface area contributed by atoms with Crippen molar-refractivity contribution in [2.45, 2.75) is 82.5 Å². The molecule has 0 spiro atoms. The van der Waals surface area contributed by atoms with Crippen LogP contribution >= 0.6 is 0 Å². The molecule has 3 saturated heterocycles. The van der Waals surface area contributed by atoms with E-state index in [1.807, 2.05) is 0 Å². The van der Waals surface area contributed by atoms with E-state index in [1.54, 1.807) is 0 Å². The summed E-state index contributed by atoms with van der Waals surface area (Å²) in [6.45, 7) is 4.97. The van der Waals surface area contributed by atoms with Gasteiger partial charge in [0, 0.05) is 31.2 Å². The molecule has 3 fully saturated rings. The SMILES string of the molecule is CC1(C)CC(NC(=O)CC2CC3CCC(C2)N3)CCO1. The molecule has 0 radical (unpaired) electrons. The Bertz CT molecular complexity index is 351. The Morgan fingerprint density at radius 3 is 2.60 bits per heavy atom. The van der Waals surface area contributed by atoms with Gasteiger partial charge in [0.2, 0.25) is 5.91 Å². The monoisotopic (exact) mass is 280 g/mol. The van der Waals surface area contributed by atoms with Gasteiger partial charge in [0.05, 0.1) is 5.60 Å². The van der Waals surface area contributed by atoms with Crippen LogP contribution in [0, 0.1) is 5.92 Å². The van der Waals surface area contributed by atoms with Gasteiger partial charge in [-0.25, -0.2) is 0 Å². The highest BCUT2D eigenvalue weighted by Crippen LogP contribution is 2.32. The molecule has 20 heavy (non-hydrogen) atoms. The minimum absolute atomic E-state index is 0.0932. The number of rotatable bonds is 3. The quantitative estimate of drug-likeness (QED) is 0.831. The van der Waals surface area contributed by atoms with E-state index in [-0.39, 0.29) is 11.5 Å². The van der Waals surface area contributed by atoms with Crippen LogP contribution in [0.15, 0.2) is 0 Å². The highest BCUT2D eigenvalue weighted by atomic mass is 16.5. The zero-order valence-corrected chi connectivity index (χ0v) is 12.8. The maximum atomic E-state index is 12.3. The van der Waals surface area contributed by atoms with E-state index in [9.17, 15) is 4.79 Å². The largest absolute Gasteiger partial charge is 0.375 e. The third-order valence-electron chi connectivity index (χ3n) is 5.11. The maximum absolute atomic E-state index is 12.3. The van der Waals surface area contributed by atoms with Crippen molar-refractivity contribution >= 4 is 5.91 Å². The topological polar surface area (TPSA) is 50.4 Å². The summed E-state index contributed by atoms with van der Waals surface area (Å²) in [4.78, 5) is 12.3. The number of hydrogen-bond donors (Lipinski definition) is 2. The molecule has 0 aromatic carbocycles. The fourth-order valence-electron chi connectivity index (χ4n) is 4.25. The van der Waals surface area contributed by atoms with Crippen molar-refractivity contribution in [2.75, 3.05) is 6.61 Å². The molecule has 0 aromatic rings. The maximum Gasteiger partial charge on any atom is 0.220 e. The van der Waals surface area contributed by atoms with E-state index < -0.39 is 0 Å². The Morgan fingerprint density at radius 1 is 1.25 bits per heavy atom. The Balaban J connectivity index is 1.45. The lowest BCUT2D eigenvalue weighted by molar-refractivity contribution is -0.125. The minimum Gasteiger partial charge on any atom is -0.375 e. The second kappa shape index (κ2) is 5.64. The lowest BCUT2D eigenvalue weighted by Gasteiger charge is -2.36. The molecule has 4 nitrogen and oxygen atoms in total. The van der Waals surface area contributed by atoms with Gasteiger partial charge in [0.25, 0.3) is 0 Å². The number of amides is 1. The number of nitrogens with one attached hydrogen (secondary N) is 2. The predicted molar refractivity (Wildman–Crippen MR) is 78.5 cm³/mol. The van der Waals surface area contributed by atoms with E-state index in [1.165, 1.54) is 25.7 Å². The average molecular weight is 280 g/mol. The van der Waals surface area contributed by atoms with Crippen LogP contribution in [0.5, 0.6) is 0 Å². The molecule has 4 heteroatoms. The van der Waals surface area contributed by atoms with Crippen molar-refractivity contribution in [1.29, 1.82) is 0 Å². The molecule has 3 unspecified atom stereocenters. The van der Waals surface area contributed by atoms with Crippen molar-refractivity contribution < 1.29 is 9.53 Å². The summed E-state index contributed by atoms with van der Waals surface area (Å²) < 4.78 is 5.70. The highest BCUT2D eigenvalue weighted by molar-refractivity contribution is 5.76. The van der Waals surface area contributed by atoms with Gasteiger partial charge < -0.3 is 15.4 Å². The molecule has 3 aliphatic heterocycles. The van der Waals surface area contributed by atoms with Crippen molar-refractivity contribution in [1.82, 2.24) is 10.6 Å². The number of carbonyl (C=O) groups is 1. The van der Waals surface area contributed by atoms with E-state index in [0.29, 0.717) is 30.5 Å². The third-order valence-corrected chi connectivity index (χ3v) is 5.11. The molecule has 3 rings (SSSR count). The van der Waals surface area contributed by atoms with Crippen LogP contribution < -0.4 is 10.6 Å². The van der Waals surface area contributed by atoms with Crippen LogP contribution in [0.1, 0.15) is 58.8 Å². The van der Waals surface area contributed by atoms with Gasteiger partial charge in [-0.2, -0.15) is 0 Å². The fourth-order valence-corrected chi connectivity index (χ4v) is 4.25. The summed E-state index contributed by atoms with van der Waals surface area (Å²) in [5, 5.41) is 6.87. The van der Waals surface area contributed by atoms with Gasteiger partial charge in [0.15, 0.2) is 0 Å². The van der Waals surface area contributed by atoms with Crippen LogP contribution in [-0.4, -0.2) is 36.2 Å². The lowest BCUT2D eigenvalue weighted by atomic mass is 9.89. The smallest absolute Gasteiger partial charge is 0.220 e. The summed E-state index contributed by atoms with van der Waals surface area (Å²) in [5.74, 6) is 0.834. The second-order valence-electron chi connectivity index (χ2n) is 7.54. The van der Waals surface area contributed by atoms with Crippen LogP contribution in [-0.2, 0) is 9.53 Å². The molecule has 2 N–H and O–H groups in total. The van der Waals surface area contributed by atoms with Crippen LogP contribution in [0.25, 0.3) is 0 Å². The van der Waals surface area contributed by atoms with E-state index in [2.05, 4.69) is 24.5 Å². The summed E-state index contributed by atoms with van der Waals surface area (Å²) in [5.41, 5.74) is -0.0932. The number of ether oxygens (including phenoxy) is 1. The number of hydrogen-bond acceptors (Lipinski definition) is 3. The Labute approximate surface area is 122 Å². The zero-order chi connectivity index (χ0) is 14.2. The average Bonchev–Trinajstić information content (AvgIpc) is 2.67. The molecular formula is C16H28N2O2. The molecule has 1 amide bonds. The van der Waals surface area contributed by atoms with Crippen molar-refractivity contribution in [3.63, 3.8) is 0 Å². The molecule has 3 heterocycles. The number of fused-ring (bicyclic) bond motifs is 2. The zero-order valence-electron chi connectivity index (χ0n) is 12.8. The van der Waals surface area contributed by atoms with Crippen molar-refractivity contribution in [3.8, 4) is 0 Å². The van der Waals surface area contributed by atoms with E-state index in [4.69, 9.17) is 4.74 Å². The number of piperidine rings is 1. The first-order valence-electron chi connectivity index (χ1n) is 8.19.